The molecule has 0 radical (unpaired) electrons. The van der Waals surface area contributed by atoms with Crippen molar-refractivity contribution in [2.45, 2.75) is 86.6 Å². The van der Waals surface area contributed by atoms with Crippen LogP contribution in [0, 0.1) is 16.7 Å². The van der Waals surface area contributed by atoms with E-state index in [0.717, 1.165) is 0 Å². The summed E-state index contributed by atoms with van der Waals surface area (Å²) in [4.78, 5) is 49.5. The highest BCUT2D eigenvalue weighted by Crippen LogP contribution is 2.33. The minimum atomic E-state index is -1.57. The Bertz CT molecular complexity index is 1000. The Hall–Kier alpha value is -3.14. The second kappa shape index (κ2) is 14.3. The molecular formula is C29H45NO9. The zero-order chi connectivity index (χ0) is 30.0. The zero-order valence-corrected chi connectivity index (χ0v) is 24.8. The van der Waals surface area contributed by atoms with Crippen LogP contribution < -0.4 is 15.2 Å². The molecule has 0 bridgehead atoms. The Kier molecular flexibility index (Phi) is 12.4. The molecule has 0 fully saturated rings. The number of hydrogen-bond donors (Lipinski definition) is 1. The van der Waals surface area contributed by atoms with Crippen molar-refractivity contribution < 1.29 is 42.9 Å². The second-order valence-corrected chi connectivity index (χ2v) is 12.6. The van der Waals surface area contributed by atoms with Crippen molar-refractivity contribution in [3.8, 4) is 11.5 Å². The monoisotopic (exact) mass is 551 g/mol. The molecule has 0 aliphatic heterocycles. The average molecular weight is 552 g/mol. The fourth-order valence-corrected chi connectivity index (χ4v) is 3.43. The van der Waals surface area contributed by atoms with Gasteiger partial charge in [-0.05, 0) is 34.4 Å². The standard InChI is InChI=1S/C29H45NO9/c1-19(2)18-37-26(34)36-13-12-29(30,25(33)35-9)15-20-10-11-21(38-23(31)16-27(3,4)5)22(14-20)39-24(32)17-28(6,7)8/h10-11,14,19H,12-13,15-18,30H2,1-9H3/t29-/m1/s1. The zero-order valence-electron chi connectivity index (χ0n) is 24.8. The highest BCUT2D eigenvalue weighted by Gasteiger charge is 2.36. The number of nitrogens with two attached hydrogens (primary N) is 1. The third-order valence-corrected chi connectivity index (χ3v) is 5.22. The fourth-order valence-electron chi connectivity index (χ4n) is 3.43. The molecule has 1 aromatic rings. The van der Waals surface area contributed by atoms with Crippen molar-refractivity contribution in [3.05, 3.63) is 23.8 Å². The van der Waals surface area contributed by atoms with E-state index in [4.69, 9.17) is 29.4 Å². The van der Waals surface area contributed by atoms with Gasteiger partial charge in [-0.1, -0.05) is 61.5 Å². The molecule has 0 aromatic heterocycles. The molecule has 2 N–H and O–H groups in total. The van der Waals surface area contributed by atoms with Crippen molar-refractivity contribution in [1.29, 1.82) is 0 Å². The van der Waals surface area contributed by atoms with Crippen molar-refractivity contribution in [2.24, 2.45) is 22.5 Å². The van der Waals surface area contributed by atoms with E-state index in [0.29, 0.717) is 5.56 Å². The summed E-state index contributed by atoms with van der Waals surface area (Å²) in [6.07, 6.45) is -0.676. The minimum Gasteiger partial charge on any atom is -0.468 e. The maximum absolute atomic E-state index is 12.6. The lowest BCUT2D eigenvalue weighted by molar-refractivity contribution is -0.148. The molecule has 1 rings (SSSR count). The molecule has 0 aliphatic carbocycles. The maximum atomic E-state index is 12.6. The van der Waals surface area contributed by atoms with E-state index < -0.39 is 29.6 Å². The first-order valence-electron chi connectivity index (χ1n) is 13.0. The summed E-state index contributed by atoms with van der Waals surface area (Å²) in [7, 11) is 1.21. The van der Waals surface area contributed by atoms with Gasteiger partial charge < -0.3 is 29.4 Å². The highest BCUT2D eigenvalue weighted by atomic mass is 16.7. The Labute approximate surface area is 231 Å². The number of methoxy groups -OCH3 is 1. The molecule has 0 saturated carbocycles. The Morgan fingerprint density at radius 1 is 0.846 bits per heavy atom. The van der Waals surface area contributed by atoms with Gasteiger partial charge in [0.1, 0.15) is 5.54 Å². The van der Waals surface area contributed by atoms with Gasteiger partial charge in [0.15, 0.2) is 11.5 Å². The van der Waals surface area contributed by atoms with Crippen molar-refractivity contribution in [2.75, 3.05) is 20.3 Å². The van der Waals surface area contributed by atoms with Crippen LogP contribution in [0.4, 0.5) is 4.79 Å². The summed E-state index contributed by atoms with van der Waals surface area (Å²) in [6.45, 7) is 15.2. The van der Waals surface area contributed by atoms with Crippen molar-refractivity contribution in [3.63, 3.8) is 0 Å². The topological polar surface area (TPSA) is 140 Å². The molecule has 39 heavy (non-hydrogen) atoms. The van der Waals surface area contributed by atoms with E-state index in [9.17, 15) is 19.2 Å². The van der Waals surface area contributed by atoms with Gasteiger partial charge >= 0.3 is 24.1 Å². The summed E-state index contributed by atoms with van der Waals surface area (Å²) in [5.74, 6) is -1.45. The average Bonchev–Trinajstić information content (AvgIpc) is 2.76. The van der Waals surface area contributed by atoms with Gasteiger partial charge in [0.2, 0.25) is 0 Å². The van der Waals surface area contributed by atoms with Crippen LogP contribution in [0.2, 0.25) is 0 Å². The molecule has 0 heterocycles. The predicted octanol–water partition coefficient (Wildman–Crippen LogP) is 4.98. The van der Waals surface area contributed by atoms with Gasteiger partial charge in [-0.25, -0.2) is 4.79 Å². The number of carbonyl (C=O) groups excluding carboxylic acids is 4. The van der Waals surface area contributed by atoms with Crippen LogP contribution in [0.25, 0.3) is 0 Å². The number of carbonyl (C=O) groups is 4. The van der Waals surface area contributed by atoms with Gasteiger partial charge in [-0.15, -0.1) is 0 Å². The lowest BCUT2D eigenvalue weighted by Gasteiger charge is -2.27. The first kappa shape index (κ1) is 33.9. The van der Waals surface area contributed by atoms with Gasteiger partial charge in [-0.3, -0.25) is 14.4 Å². The fraction of sp³-hybridized carbons (Fsp3) is 0.655. The number of esters is 3. The lowest BCUT2D eigenvalue weighted by atomic mass is 9.88. The van der Waals surface area contributed by atoms with Gasteiger partial charge in [-0.2, -0.15) is 0 Å². The summed E-state index contributed by atoms with van der Waals surface area (Å²) in [5, 5.41) is 0. The van der Waals surface area contributed by atoms with E-state index in [1.165, 1.54) is 19.2 Å². The van der Waals surface area contributed by atoms with E-state index in [-0.39, 0.29) is 67.1 Å². The smallest absolute Gasteiger partial charge is 0.468 e. The van der Waals surface area contributed by atoms with E-state index in [1.54, 1.807) is 6.07 Å². The Morgan fingerprint density at radius 3 is 1.87 bits per heavy atom. The van der Waals surface area contributed by atoms with Crippen molar-refractivity contribution in [1.82, 2.24) is 0 Å². The molecule has 1 aromatic carbocycles. The first-order valence-corrected chi connectivity index (χ1v) is 13.0. The van der Waals surface area contributed by atoms with Gasteiger partial charge in [0.05, 0.1) is 33.2 Å². The van der Waals surface area contributed by atoms with E-state index in [1.807, 2.05) is 55.4 Å². The number of rotatable bonds is 12. The highest BCUT2D eigenvalue weighted by molar-refractivity contribution is 5.81. The molecule has 0 saturated heterocycles. The third-order valence-electron chi connectivity index (χ3n) is 5.22. The Balaban J connectivity index is 3.18. The van der Waals surface area contributed by atoms with E-state index in [2.05, 4.69) is 0 Å². The summed E-state index contributed by atoms with van der Waals surface area (Å²) in [6, 6.07) is 4.61. The van der Waals surface area contributed by atoms with Gasteiger partial charge in [0.25, 0.3) is 0 Å². The van der Waals surface area contributed by atoms with Gasteiger partial charge in [0, 0.05) is 12.8 Å². The summed E-state index contributed by atoms with van der Waals surface area (Å²) >= 11 is 0. The third kappa shape index (κ3) is 13.5. The molecule has 1 atom stereocenters. The van der Waals surface area contributed by atoms with Crippen LogP contribution in [0.3, 0.4) is 0 Å². The normalized spacial score (nSPS) is 13.3. The first-order chi connectivity index (χ1) is 17.8. The molecular weight excluding hydrogens is 506 g/mol. The van der Waals surface area contributed by atoms with Crippen LogP contribution in [0.15, 0.2) is 18.2 Å². The van der Waals surface area contributed by atoms with Crippen LogP contribution >= 0.6 is 0 Å². The molecule has 0 unspecified atom stereocenters. The summed E-state index contributed by atoms with van der Waals surface area (Å²) < 4.78 is 26.1. The molecule has 10 nitrogen and oxygen atoms in total. The molecule has 0 amide bonds. The number of hydrogen-bond acceptors (Lipinski definition) is 10. The van der Waals surface area contributed by atoms with Crippen molar-refractivity contribution >= 4 is 24.1 Å². The van der Waals surface area contributed by atoms with Crippen LogP contribution in [0.1, 0.15) is 80.2 Å². The van der Waals surface area contributed by atoms with Crippen LogP contribution in [-0.4, -0.2) is 49.9 Å². The predicted molar refractivity (Wildman–Crippen MR) is 145 cm³/mol. The lowest BCUT2D eigenvalue weighted by Crippen LogP contribution is -2.51. The summed E-state index contributed by atoms with van der Waals surface area (Å²) in [5.41, 5.74) is 4.73. The number of benzene rings is 1. The van der Waals surface area contributed by atoms with E-state index >= 15 is 0 Å². The Morgan fingerprint density at radius 2 is 1.38 bits per heavy atom. The molecule has 10 heteroatoms. The largest absolute Gasteiger partial charge is 0.508 e. The molecule has 0 aliphatic rings. The second-order valence-electron chi connectivity index (χ2n) is 12.6. The SMILES string of the molecule is COC(=O)[C@@](N)(CCOC(=O)OCC(C)C)Cc1ccc(OC(=O)CC(C)(C)C)c(OC(=O)CC(C)(C)C)c1. The molecule has 0 spiro atoms. The quantitative estimate of drug-likeness (QED) is 0.279. The van der Waals surface area contributed by atoms with Crippen LogP contribution in [-0.2, 0) is 35.0 Å². The maximum Gasteiger partial charge on any atom is 0.508 e. The number of ether oxygens (including phenoxy) is 5. The minimum absolute atomic E-state index is 0.0322. The molecule has 220 valence electrons. The van der Waals surface area contributed by atoms with Crippen LogP contribution in [0.5, 0.6) is 11.5 Å².